The second kappa shape index (κ2) is 6.19. The Morgan fingerprint density at radius 2 is 2.00 bits per heavy atom. The van der Waals surface area contributed by atoms with E-state index < -0.39 is 0 Å². The van der Waals surface area contributed by atoms with E-state index in [1.54, 1.807) is 36.0 Å². The highest BCUT2D eigenvalue weighted by atomic mass is 16.3. The van der Waals surface area contributed by atoms with Crippen molar-refractivity contribution < 1.29 is 9.90 Å². The Bertz CT molecular complexity index is 671. The van der Waals surface area contributed by atoms with E-state index in [9.17, 15) is 4.79 Å². The molecule has 2 aromatic rings. The van der Waals surface area contributed by atoms with Gasteiger partial charge in [-0.1, -0.05) is 32.9 Å². The standard InChI is InChI=1S/C16H22N4O2/c1-16(2,3)13-9-14(20(4)19-13)18-15(22)17-12-7-5-6-11(8-12)10-21/h5-9,21H,10H2,1-4H3,(H2,17,18,22). The van der Waals surface area contributed by atoms with Gasteiger partial charge in [-0.2, -0.15) is 5.10 Å². The third-order valence-corrected chi connectivity index (χ3v) is 3.26. The van der Waals surface area contributed by atoms with E-state index in [0.717, 1.165) is 11.3 Å². The van der Waals surface area contributed by atoms with Gasteiger partial charge in [0.1, 0.15) is 5.82 Å². The number of nitrogens with one attached hydrogen (secondary N) is 2. The third kappa shape index (κ3) is 3.85. The van der Waals surface area contributed by atoms with Crippen molar-refractivity contribution in [3.8, 4) is 0 Å². The Labute approximate surface area is 130 Å². The van der Waals surface area contributed by atoms with Crippen molar-refractivity contribution >= 4 is 17.5 Å². The van der Waals surface area contributed by atoms with Crippen LogP contribution in [0.25, 0.3) is 0 Å². The molecule has 1 aromatic carbocycles. The second-order valence-electron chi connectivity index (χ2n) is 6.23. The van der Waals surface area contributed by atoms with E-state index in [1.807, 2.05) is 6.07 Å². The van der Waals surface area contributed by atoms with Gasteiger partial charge in [-0.15, -0.1) is 0 Å². The Morgan fingerprint density at radius 3 is 2.59 bits per heavy atom. The zero-order valence-electron chi connectivity index (χ0n) is 13.3. The molecule has 0 saturated carbocycles. The minimum absolute atomic E-state index is 0.0617. The first-order chi connectivity index (χ1) is 10.3. The molecule has 118 valence electrons. The summed E-state index contributed by atoms with van der Waals surface area (Å²) in [7, 11) is 1.79. The molecule has 6 nitrogen and oxygen atoms in total. The molecule has 0 atom stereocenters. The molecule has 0 aliphatic heterocycles. The summed E-state index contributed by atoms with van der Waals surface area (Å²) in [5.41, 5.74) is 2.20. The monoisotopic (exact) mass is 302 g/mol. The number of amides is 2. The molecule has 0 saturated heterocycles. The highest BCUT2D eigenvalue weighted by Crippen LogP contribution is 2.23. The van der Waals surface area contributed by atoms with Crippen molar-refractivity contribution in [1.29, 1.82) is 0 Å². The largest absolute Gasteiger partial charge is 0.392 e. The molecule has 0 radical (unpaired) electrons. The Kier molecular flexibility index (Phi) is 4.51. The third-order valence-electron chi connectivity index (χ3n) is 3.26. The molecule has 0 fully saturated rings. The van der Waals surface area contributed by atoms with Crippen molar-refractivity contribution in [2.45, 2.75) is 32.8 Å². The van der Waals surface area contributed by atoms with E-state index in [0.29, 0.717) is 11.5 Å². The minimum Gasteiger partial charge on any atom is -0.392 e. The summed E-state index contributed by atoms with van der Waals surface area (Å²) < 4.78 is 1.64. The lowest BCUT2D eigenvalue weighted by Gasteiger charge is -2.13. The number of anilines is 2. The van der Waals surface area contributed by atoms with Crippen LogP contribution in [0.4, 0.5) is 16.3 Å². The summed E-state index contributed by atoms with van der Waals surface area (Å²) in [6, 6.07) is 8.58. The van der Waals surface area contributed by atoms with Gasteiger partial charge >= 0.3 is 6.03 Å². The normalized spacial score (nSPS) is 11.3. The fourth-order valence-corrected chi connectivity index (χ4v) is 1.98. The zero-order valence-corrected chi connectivity index (χ0v) is 13.3. The van der Waals surface area contributed by atoms with Crippen LogP contribution >= 0.6 is 0 Å². The first kappa shape index (κ1) is 16.0. The molecule has 3 N–H and O–H groups in total. The molecular weight excluding hydrogens is 280 g/mol. The molecule has 1 heterocycles. The number of benzene rings is 1. The number of carbonyl (C=O) groups excluding carboxylic acids is 1. The second-order valence-corrected chi connectivity index (χ2v) is 6.23. The van der Waals surface area contributed by atoms with Crippen molar-refractivity contribution in [3.05, 3.63) is 41.6 Å². The van der Waals surface area contributed by atoms with Crippen LogP contribution in [0.3, 0.4) is 0 Å². The quantitative estimate of drug-likeness (QED) is 0.815. The highest BCUT2D eigenvalue weighted by Gasteiger charge is 2.19. The summed E-state index contributed by atoms with van der Waals surface area (Å²) in [5, 5.41) is 19.0. The average Bonchev–Trinajstić information content (AvgIpc) is 2.80. The summed E-state index contributed by atoms with van der Waals surface area (Å²) in [4.78, 5) is 12.1. The first-order valence-corrected chi connectivity index (χ1v) is 7.12. The SMILES string of the molecule is Cn1nc(C(C)(C)C)cc1NC(=O)Nc1cccc(CO)c1. The van der Waals surface area contributed by atoms with E-state index in [-0.39, 0.29) is 18.1 Å². The molecule has 0 spiro atoms. The number of hydrogen-bond acceptors (Lipinski definition) is 3. The van der Waals surface area contributed by atoms with E-state index in [4.69, 9.17) is 5.11 Å². The maximum atomic E-state index is 12.1. The van der Waals surface area contributed by atoms with Crippen molar-refractivity contribution in [2.24, 2.45) is 7.05 Å². The van der Waals surface area contributed by atoms with E-state index in [2.05, 4.69) is 36.5 Å². The molecule has 0 bridgehead atoms. The lowest BCUT2D eigenvalue weighted by Crippen LogP contribution is -2.21. The highest BCUT2D eigenvalue weighted by molar-refractivity contribution is 5.99. The number of aromatic nitrogens is 2. The Morgan fingerprint density at radius 1 is 1.27 bits per heavy atom. The van der Waals surface area contributed by atoms with Crippen LogP contribution in [0, 0.1) is 0 Å². The lowest BCUT2D eigenvalue weighted by atomic mass is 9.92. The fourth-order valence-electron chi connectivity index (χ4n) is 1.98. The van der Waals surface area contributed by atoms with Gasteiger partial charge in [-0.3, -0.25) is 10.00 Å². The summed E-state index contributed by atoms with van der Waals surface area (Å²) in [5.74, 6) is 0.626. The minimum atomic E-state index is -0.349. The molecule has 1 aromatic heterocycles. The van der Waals surface area contributed by atoms with Gasteiger partial charge < -0.3 is 10.4 Å². The van der Waals surface area contributed by atoms with Crippen LogP contribution in [-0.2, 0) is 19.1 Å². The van der Waals surface area contributed by atoms with Crippen LogP contribution < -0.4 is 10.6 Å². The van der Waals surface area contributed by atoms with Gasteiger partial charge in [0.2, 0.25) is 0 Å². The van der Waals surface area contributed by atoms with Gasteiger partial charge in [0.05, 0.1) is 12.3 Å². The number of aliphatic hydroxyl groups excluding tert-OH is 1. The van der Waals surface area contributed by atoms with Crippen molar-refractivity contribution in [1.82, 2.24) is 9.78 Å². The number of aliphatic hydroxyl groups is 1. The van der Waals surface area contributed by atoms with Crippen LogP contribution in [0.2, 0.25) is 0 Å². The molecule has 6 heteroatoms. The molecular formula is C16H22N4O2. The van der Waals surface area contributed by atoms with Gasteiger partial charge in [-0.05, 0) is 17.7 Å². The average molecular weight is 302 g/mol. The molecule has 22 heavy (non-hydrogen) atoms. The van der Waals surface area contributed by atoms with Gasteiger partial charge in [0, 0.05) is 24.2 Å². The van der Waals surface area contributed by atoms with Crippen molar-refractivity contribution in [3.63, 3.8) is 0 Å². The van der Waals surface area contributed by atoms with Crippen LogP contribution in [0.15, 0.2) is 30.3 Å². The lowest BCUT2D eigenvalue weighted by molar-refractivity contribution is 0.262. The van der Waals surface area contributed by atoms with Crippen molar-refractivity contribution in [2.75, 3.05) is 10.6 Å². The summed E-state index contributed by atoms with van der Waals surface area (Å²) in [6.07, 6.45) is 0. The zero-order chi connectivity index (χ0) is 16.3. The number of carbonyl (C=O) groups is 1. The molecule has 0 aliphatic rings. The van der Waals surface area contributed by atoms with Crippen LogP contribution in [0.5, 0.6) is 0 Å². The van der Waals surface area contributed by atoms with E-state index in [1.165, 1.54) is 0 Å². The van der Waals surface area contributed by atoms with Crippen LogP contribution in [0.1, 0.15) is 32.0 Å². The van der Waals surface area contributed by atoms with Gasteiger partial charge in [0.15, 0.2) is 0 Å². The Balaban J connectivity index is 2.07. The summed E-state index contributed by atoms with van der Waals surface area (Å²) in [6.45, 7) is 6.15. The topological polar surface area (TPSA) is 79.2 Å². The fraction of sp³-hybridized carbons (Fsp3) is 0.375. The maximum Gasteiger partial charge on any atom is 0.324 e. The smallest absolute Gasteiger partial charge is 0.324 e. The number of rotatable bonds is 3. The predicted molar refractivity (Wildman–Crippen MR) is 86.9 cm³/mol. The molecule has 0 unspecified atom stereocenters. The molecule has 2 rings (SSSR count). The number of aryl methyl sites for hydroxylation is 1. The number of nitrogens with zero attached hydrogens (tertiary/aromatic N) is 2. The van der Waals surface area contributed by atoms with E-state index >= 15 is 0 Å². The first-order valence-electron chi connectivity index (χ1n) is 7.12. The number of urea groups is 1. The molecule has 2 amide bonds. The van der Waals surface area contributed by atoms with Crippen LogP contribution in [-0.4, -0.2) is 20.9 Å². The molecule has 0 aliphatic carbocycles. The summed E-state index contributed by atoms with van der Waals surface area (Å²) >= 11 is 0. The Hall–Kier alpha value is -2.34. The number of hydrogen-bond donors (Lipinski definition) is 3. The maximum absolute atomic E-state index is 12.1. The van der Waals surface area contributed by atoms with Gasteiger partial charge in [0.25, 0.3) is 0 Å². The van der Waals surface area contributed by atoms with Gasteiger partial charge in [-0.25, -0.2) is 4.79 Å². The predicted octanol–water partition coefficient (Wildman–Crippen LogP) is 2.85.